The minimum atomic E-state index is 0.186. The quantitative estimate of drug-likeness (QED) is 0.326. The molecule has 0 bridgehead atoms. The number of carbonyl (C=O) groups excluding carboxylic acids is 1. The Morgan fingerprint density at radius 1 is 1.06 bits per heavy atom. The van der Waals surface area contributed by atoms with Crippen molar-refractivity contribution in [3.63, 3.8) is 0 Å². The van der Waals surface area contributed by atoms with Crippen molar-refractivity contribution in [1.29, 1.82) is 0 Å². The van der Waals surface area contributed by atoms with Crippen LogP contribution in [0.2, 0.25) is 0 Å². The van der Waals surface area contributed by atoms with E-state index >= 15 is 0 Å². The molecule has 1 aromatic heterocycles. The molecule has 0 spiro atoms. The zero-order valence-corrected chi connectivity index (χ0v) is 18.5. The number of rotatable bonds is 4. The van der Waals surface area contributed by atoms with Gasteiger partial charge in [0.05, 0.1) is 11.3 Å². The standard InChI is InChI=1S/C25H25N3O2S/c1-17-10-11-21-19(14-17)15-20-24(30-21)26-23(18-8-4-2-5-9-18)27-25(20)31-16-22(29)28-12-6-3-7-13-28/h2,4-5,8-11,14H,3,6-7,12-13,15-16H2,1H3. The minimum Gasteiger partial charge on any atom is -0.438 e. The van der Waals surface area contributed by atoms with Gasteiger partial charge in [-0.3, -0.25) is 4.79 Å². The molecule has 1 amide bonds. The van der Waals surface area contributed by atoms with Gasteiger partial charge in [-0.05, 0) is 37.8 Å². The number of nitrogens with zero attached hydrogens (tertiary/aromatic N) is 3. The smallest absolute Gasteiger partial charge is 0.232 e. The van der Waals surface area contributed by atoms with E-state index in [9.17, 15) is 4.79 Å². The first-order chi connectivity index (χ1) is 15.2. The van der Waals surface area contributed by atoms with Crippen LogP contribution in [0.25, 0.3) is 11.4 Å². The van der Waals surface area contributed by atoms with E-state index in [0.717, 1.165) is 53.4 Å². The molecule has 0 radical (unpaired) electrons. The average molecular weight is 432 g/mol. The van der Waals surface area contributed by atoms with Crippen LogP contribution in [0.15, 0.2) is 53.6 Å². The topological polar surface area (TPSA) is 55.3 Å². The minimum absolute atomic E-state index is 0.186. The van der Waals surface area contributed by atoms with Gasteiger partial charge in [-0.1, -0.05) is 59.8 Å². The molecule has 5 rings (SSSR count). The first-order valence-electron chi connectivity index (χ1n) is 10.8. The molecule has 158 valence electrons. The van der Waals surface area contributed by atoms with Crippen molar-refractivity contribution >= 4 is 17.7 Å². The number of benzene rings is 2. The van der Waals surface area contributed by atoms with E-state index in [1.165, 1.54) is 23.7 Å². The molecule has 0 saturated carbocycles. The van der Waals surface area contributed by atoms with Crippen LogP contribution in [-0.2, 0) is 11.2 Å². The number of aromatic nitrogens is 2. The molecule has 0 atom stereocenters. The van der Waals surface area contributed by atoms with Crippen molar-refractivity contribution < 1.29 is 9.53 Å². The molecular formula is C25H25N3O2S. The highest BCUT2D eigenvalue weighted by atomic mass is 32.2. The number of likely N-dealkylation sites (tertiary alicyclic amines) is 1. The van der Waals surface area contributed by atoms with E-state index in [2.05, 4.69) is 19.1 Å². The van der Waals surface area contributed by atoms with E-state index in [1.54, 1.807) is 0 Å². The maximum Gasteiger partial charge on any atom is 0.232 e. The molecule has 1 saturated heterocycles. The van der Waals surface area contributed by atoms with E-state index in [-0.39, 0.29) is 5.91 Å². The molecule has 1 fully saturated rings. The van der Waals surface area contributed by atoms with Crippen molar-refractivity contribution in [2.24, 2.45) is 0 Å². The maximum absolute atomic E-state index is 12.8. The maximum atomic E-state index is 12.8. The zero-order chi connectivity index (χ0) is 21.2. The number of ether oxygens (including phenoxy) is 1. The largest absolute Gasteiger partial charge is 0.438 e. The Kier molecular flexibility index (Phi) is 5.64. The second kappa shape index (κ2) is 8.71. The second-order valence-electron chi connectivity index (χ2n) is 8.12. The van der Waals surface area contributed by atoms with E-state index in [0.29, 0.717) is 23.9 Å². The predicted molar refractivity (Wildman–Crippen MR) is 123 cm³/mol. The molecule has 2 aliphatic heterocycles. The van der Waals surface area contributed by atoms with Crippen LogP contribution in [0.4, 0.5) is 0 Å². The Morgan fingerprint density at radius 3 is 2.68 bits per heavy atom. The van der Waals surface area contributed by atoms with E-state index in [1.807, 2.05) is 41.3 Å². The Balaban J connectivity index is 1.47. The van der Waals surface area contributed by atoms with Gasteiger partial charge in [-0.25, -0.2) is 4.98 Å². The van der Waals surface area contributed by atoms with Crippen molar-refractivity contribution in [3.05, 3.63) is 65.2 Å². The molecule has 5 nitrogen and oxygen atoms in total. The number of hydrogen-bond acceptors (Lipinski definition) is 5. The van der Waals surface area contributed by atoms with Gasteiger partial charge in [0, 0.05) is 25.1 Å². The normalized spacial score (nSPS) is 15.1. The lowest BCUT2D eigenvalue weighted by atomic mass is 10.0. The Labute approximate surface area is 186 Å². The van der Waals surface area contributed by atoms with Crippen LogP contribution in [0.5, 0.6) is 11.6 Å². The summed E-state index contributed by atoms with van der Waals surface area (Å²) in [5.41, 5.74) is 4.23. The molecule has 6 heteroatoms. The van der Waals surface area contributed by atoms with Crippen LogP contribution in [-0.4, -0.2) is 39.6 Å². The summed E-state index contributed by atoms with van der Waals surface area (Å²) in [6.45, 7) is 3.82. The number of carbonyl (C=O) groups is 1. The molecular weight excluding hydrogens is 406 g/mol. The second-order valence-corrected chi connectivity index (χ2v) is 9.09. The Hall–Kier alpha value is -2.86. The highest BCUT2D eigenvalue weighted by molar-refractivity contribution is 7.99. The predicted octanol–water partition coefficient (Wildman–Crippen LogP) is 5.25. The van der Waals surface area contributed by atoms with Gasteiger partial charge in [0.15, 0.2) is 5.82 Å². The molecule has 2 aliphatic rings. The van der Waals surface area contributed by atoms with Crippen LogP contribution >= 0.6 is 11.8 Å². The van der Waals surface area contributed by atoms with Crippen molar-refractivity contribution in [2.45, 2.75) is 37.6 Å². The SMILES string of the molecule is Cc1ccc2c(c1)Cc1c(nc(-c3ccccc3)nc1SCC(=O)N1CCCCC1)O2. The van der Waals surface area contributed by atoms with Crippen molar-refractivity contribution in [2.75, 3.05) is 18.8 Å². The van der Waals surface area contributed by atoms with Gasteiger partial charge < -0.3 is 9.64 Å². The first kappa shape index (κ1) is 20.1. The van der Waals surface area contributed by atoms with Crippen LogP contribution < -0.4 is 4.74 Å². The number of aryl methyl sites for hydroxylation is 1. The summed E-state index contributed by atoms with van der Waals surface area (Å²) in [4.78, 5) is 24.4. The number of hydrogen-bond donors (Lipinski definition) is 0. The fourth-order valence-corrected chi connectivity index (χ4v) is 5.05. The van der Waals surface area contributed by atoms with Gasteiger partial charge in [0.1, 0.15) is 10.8 Å². The lowest BCUT2D eigenvalue weighted by Crippen LogP contribution is -2.36. The molecule has 31 heavy (non-hydrogen) atoms. The monoisotopic (exact) mass is 431 g/mol. The van der Waals surface area contributed by atoms with Crippen LogP contribution in [0, 0.1) is 6.92 Å². The van der Waals surface area contributed by atoms with Crippen LogP contribution in [0.1, 0.15) is 36.0 Å². The summed E-state index contributed by atoms with van der Waals surface area (Å²) in [6.07, 6.45) is 4.12. The van der Waals surface area contributed by atoms with E-state index < -0.39 is 0 Å². The van der Waals surface area contributed by atoms with Crippen LogP contribution in [0.3, 0.4) is 0 Å². The molecule has 3 heterocycles. The lowest BCUT2D eigenvalue weighted by molar-refractivity contribution is -0.129. The highest BCUT2D eigenvalue weighted by Gasteiger charge is 2.25. The Bertz CT molecular complexity index is 1110. The summed E-state index contributed by atoms with van der Waals surface area (Å²) < 4.78 is 6.20. The number of amides is 1. The molecule has 3 aromatic rings. The van der Waals surface area contributed by atoms with Gasteiger partial charge in [-0.2, -0.15) is 4.98 Å². The third-order valence-electron chi connectivity index (χ3n) is 5.79. The fourth-order valence-electron chi connectivity index (χ4n) is 4.12. The third-order valence-corrected chi connectivity index (χ3v) is 6.80. The van der Waals surface area contributed by atoms with Gasteiger partial charge in [0.25, 0.3) is 0 Å². The summed E-state index contributed by atoms with van der Waals surface area (Å²) in [5, 5.41) is 0.835. The summed E-state index contributed by atoms with van der Waals surface area (Å²) >= 11 is 1.50. The Morgan fingerprint density at radius 2 is 1.87 bits per heavy atom. The molecule has 2 aromatic carbocycles. The first-order valence-corrected chi connectivity index (χ1v) is 11.8. The summed E-state index contributed by atoms with van der Waals surface area (Å²) in [6, 6.07) is 16.1. The number of thioether (sulfide) groups is 1. The van der Waals surface area contributed by atoms with Gasteiger partial charge in [0.2, 0.25) is 11.8 Å². The van der Waals surface area contributed by atoms with Gasteiger partial charge in [-0.15, -0.1) is 0 Å². The summed E-state index contributed by atoms with van der Waals surface area (Å²) in [5.74, 6) is 2.64. The zero-order valence-electron chi connectivity index (χ0n) is 17.6. The molecule has 0 aliphatic carbocycles. The molecule has 0 unspecified atom stereocenters. The fraction of sp³-hybridized carbons (Fsp3) is 0.320. The lowest BCUT2D eigenvalue weighted by Gasteiger charge is -2.27. The number of piperidine rings is 1. The van der Waals surface area contributed by atoms with Crippen molar-refractivity contribution in [1.82, 2.24) is 14.9 Å². The number of fused-ring (bicyclic) bond motifs is 2. The van der Waals surface area contributed by atoms with E-state index in [4.69, 9.17) is 14.7 Å². The highest BCUT2D eigenvalue weighted by Crippen LogP contribution is 2.40. The molecule has 0 N–H and O–H groups in total. The average Bonchev–Trinajstić information content (AvgIpc) is 2.82. The van der Waals surface area contributed by atoms with Gasteiger partial charge >= 0.3 is 0 Å². The summed E-state index contributed by atoms with van der Waals surface area (Å²) in [7, 11) is 0. The van der Waals surface area contributed by atoms with Crippen molar-refractivity contribution in [3.8, 4) is 23.0 Å². The third kappa shape index (κ3) is 4.30.